The van der Waals surface area contributed by atoms with Gasteiger partial charge in [-0.25, -0.2) is 0 Å². The number of hydrogen-bond acceptors (Lipinski definition) is 2. The summed E-state index contributed by atoms with van der Waals surface area (Å²) in [4.78, 5) is 0. The molecule has 0 rings (SSSR count). The molecule has 0 aliphatic rings. The summed E-state index contributed by atoms with van der Waals surface area (Å²) in [7, 11) is 0. The SMILES string of the molecule is C=CC=NNCCCCCCCCCCCC. The molecule has 0 aromatic heterocycles. The van der Waals surface area contributed by atoms with Gasteiger partial charge in [0.25, 0.3) is 0 Å². The highest BCUT2D eigenvalue weighted by atomic mass is 15.3. The summed E-state index contributed by atoms with van der Waals surface area (Å²) in [5.74, 6) is 0. The van der Waals surface area contributed by atoms with Crippen LogP contribution in [0.25, 0.3) is 0 Å². The van der Waals surface area contributed by atoms with Crippen LogP contribution in [0.4, 0.5) is 0 Å². The summed E-state index contributed by atoms with van der Waals surface area (Å²) in [5, 5.41) is 3.97. The Morgan fingerprint density at radius 1 is 0.882 bits per heavy atom. The molecule has 2 heteroatoms. The molecule has 2 nitrogen and oxygen atoms in total. The molecular formula is C15H30N2. The van der Waals surface area contributed by atoms with E-state index in [1.807, 2.05) is 0 Å². The van der Waals surface area contributed by atoms with Gasteiger partial charge >= 0.3 is 0 Å². The Balaban J connectivity index is 2.93. The van der Waals surface area contributed by atoms with E-state index in [1.165, 1.54) is 64.2 Å². The molecule has 0 aromatic rings. The molecule has 0 amide bonds. The van der Waals surface area contributed by atoms with E-state index in [2.05, 4.69) is 24.0 Å². The lowest BCUT2D eigenvalue weighted by Crippen LogP contribution is -2.06. The first-order valence-electron chi connectivity index (χ1n) is 7.28. The van der Waals surface area contributed by atoms with Crippen molar-refractivity contribution in [3.8, 4) is 0 Å². The van der Waals surface area contributed by atoms with Crippen molar-refractivity contribution in [1.82, 2.24) is 5.43 Å². The minimum atomic E-state index is 0.987. The fourth-order valence-electron chi connectivity index (χ4n) is 1.86. The average molecular weight is 238 g/mol. The van der Waals surface area contributed by atoms with Crippen molar-refractivity contribution in [2.45, 2.75) is 71.1 Å². The minimum absolute atomic E-state index is 0.987. The van der Waals surface area contributed by atoms with Crippen LogP contribution in [0.5, 0.6) is 0 Å². The van der Waals surface area contributed by atoms with Gasteiger partial charge in [0.2, 0.25) is 0 Å². The Kier molecular flexibility index (Phi) is 14.5. The highest BCUT2D eigenvalue weighted by Gasteiger charge is 1.91. The minimum Gasteiger partial charge on any atom is -0.310 e. The highest BCUT2D eigenvalue weighted by molar-refractivity contribution is 5.69. The quantitative estimate of drug-likeness (QED) is 0.281. The van der Waals surface area contributed by atoms with E-state index in [4.69, 9.17) is 0 Å². The molecule has 0 saturated heterocycles. The van der Waals surface area contributed by atoms with Gasteiger partial charge in [0.05, 0.1) is 0 Å². The van der Waals surface area contributed by atoms with E-state index in [1.54, 1.807) is 12.3 Å². The smallest absolute Gasteiger partial charge is 0.0462 e. The summed E-state index contributed by atoms with van der Waals surface area (Å²) in [6, 6.07) is 0. The second kappa shape index (κ2) is 15.2. The zero-order chi connectivity index (χ0) is 12.6. The standard InChI is InChI=1S/C15H30N2/c1-3-5-6-7-8-9-10-11-12-13-15-17-16-14-4-2/h4,14,17H,2-3,5-13,15H2,1H3. The highest BCUT2D eigenvalue weighted by Crippen LogP contribution is 2.10. The van der Waals surface area contributed by atoms with Gasteiger partial charge in [-0.1, -0.05) is 71.3 Å². The summed E-state index contributed by atoms with van der Waals surface area (Å²) < 4.78 is 0. The van der Waals surface area contributed by atoms with Crippen LogP contribution in [0.3, 0.4) is 0 Å². The van der Waals surface area contributed by atoms with E-state index in [0.717, 1.165) is 6.54 Å². The second-order valence-electron chi connectivity index (χ2n) is 4.60. The number of hydrogen-bond donors (Lipinski definition) is 1. The number of unbranched alkanes of at least 4 members (excludes halogenated alkanes) is 9. The van der Waals surface area contributed by atoms with E-state index in [-0.39, 0.29) is 0 Å². The van der Waals surface area contributed by atoms with Crippen LogP contribution in [0, 0.1) is 0 Å². The van der Waals surface area contributed by atoms with Crippen LogP contribution >= 0.6 is 0 Å². The first-order valence-corrected chi connectivity index (χ1v) is 7.28. The van der Waals surface area contributed by atoms with Gasteiger partial charge in [-0.05, 0) is 12.5 Å². The average Bonchev–Trinajstić information content (AvgIpc) is 2.35. The fraction of sp³-hybridized carbons (Fsp3) is 0.800. The molecule has 17 heavy (non-hydrogen) atoms. The van der Waals surface area contributed by atoms with Gasteiger partial charge in [-0.3, -0.25) is 0 Å². The van der Waals surface area contributed by atoms with E-state index in [0.29, 0.717) is 0 Å². The molecule has 0 aliphatic carbocycles. The van der Waals surface area contributed by atoms with Crippen molar-refractivity contribution < 1.29 is 0 Å². The molecule has 1 N–H and O–H groups in total. The topological polar surface area (TPSA) is 24.4 Å². The third-order valence-corrected chi connectivity index (χ3v) is 2.91. The summed E-state index contributed by atoms with van der Waals surface area (Å²) in [5.41, 5.74) is 3.01. The van der Waals surface area contributed by atoms with Crippen molar-refractivity contribution in [1.29, 1.82) is 0 Å². The van der Waals surface area contributed by atoms with Crippen LogP contribution in [-0.2, 0) is 0 Å². The molecule has 0 bridgehead atoms. The van der Waals surface area contributed by atoms with Crippen LogP contribution in [-0.4, -0.2) is 12.8 Å². The van der Waals surface area contributed by atoms with Crippen LogP contribution in [0.1, 0.15) is 71.1 Å². The Hall–Kier alpha value is -0.790. The molecule has 0 aromatic carbocycles. The molecule has 0 saturated carbocycles. The molecular weight excluding hydrogens is 208 g/mol. The maximum absolute atomic E-state index is 3.97. The van der Waals surface area contributed by atoms with Crippen molar-refractivity contribution >= 4 is 6.21 Å². The first kappa shape index (κ1) is 16.2. The van der Waals surface area contributed by atoms with Gasteiger partial charge in [0.1, 0.15) is 0 Å². The Labute approximate surface area is 108 Å². The van der Waals surface area contributed by atoms with Crippen LogP contribution in [0.15, 0.2) is 17.8 Å². The number of rotatable bonds is 13. The predicted octanol–water partition coefficient (Wildman–Crippen LogP) is 4.67. The molecule has 0 radical (unpaired) electrons. The van der Waals surface area contributed by atoms with E-state index >= 15 is 0 Å². The van der Waals surface area contributed by atoms with E-state index < -0.39 is 0 Å². The zero-order valence-corrected chi connectivity index (χ0v) is 11.6. The third kappa shape index (κ3) is 15.2. The largest absolute Gasteiger partial charge is 0.310 e. The lowest BCUT2D eigenvalue weighted by atomic mass is 10.1. The van der Waals surface area contributed by atoms with Crippen molar-refractivity contribution in [2.75, 3.05) is 6.54 Å². The molecule has 0 heterocycles. The van der Waals surface area contributed by atoms with Gasteiger partial charge in [0, 0.05) is 12.8 Å². The Morgan fingerprint density at radius 3 is 1.94 bits per heavy atom. The maximum Gasteiger partial charge on any atom is 0.0462 e. The van der Waals surface area contributed by atoms with E-state index in [9.17, 15) is 0 Å². The summed E-state index contributed by atoms with van der Waals surface area (Å²) in [6.45, 7) is 6.82. The zero-order valence-electron chi connectivity index (χ0n) is 11.6. The molecule has 0 aliphatic heterocycles. The molecule has 0 unspecified atom stereocenters. The normalized spacial score (nSPS) is 10.9. The fourth-order valence-corrected chi connectivity index (χ4v) is 1.86. The van der Waals surface area contributed by atoms with Crippen molar-refractivity contribution in [3.63, 3.8) is 0 Å². The molecule has 100 valence electrons. The lowest BCUT2D eigenvalue weighted by molar-refractivity contribution is 0.548. The predicted molar refractivity (Wildman–Crippen MR) is 78.5 cm³/mol. The summed E-state index contributed by atoms with van der Waals surface area (Å²) >= 11 is 0. The molecule has 0 spiro atoms. The van der Waals surface area contributed by atoms with Crippen molar-refractivity contribution in [2.24, 2.45) is 5.10 Å². The third-order valence-electron chi connectivity index (χ3n) is 2.91. The molecule has 0 fully saturated rings. The number of hydrazone groups is 1. The first-order chi connectivity index (χ1) is 8.41. The van der Waals surface area contributed by atoms with Crippen LogP contribution < -0.4 is 5.43 Å². The van der Waals surface area contributed by atoms with Gasteiger partial charge in [0.15, 0.2) is 0 Å². The molecule has 0 atom stereocenters. The van der Waals surface area contributed by atoms with Crippen LogP contribution in [0.2, 0.25) is 0 Å². The monoisotopic (exact) mass is 238 g/mol. The van der Waals surface area contributed by atoms with Gasteiger partial charge in [-0.15, -0.1) is 0 Å². The van der Waals surface area contributed by atoms with Gasteiger partial charge in [-0.2, -0.15) is 5.10 Å². The Bertz CT molecular complexity index is 176. The number of nitrogens with zero attached hydrogens (tertiary/aromatic N) is 1. The summed E-state index contributed by atoms with van der Waals surface area (Å²) in [6.07, 6.45) is 17.2. The lowest BCUT2D eigenvalue weighted by Gasteiger charge is -2.02. The van der Waals surface area contributed by atoms with Crippen molar-refractivity contribution in [3.05, 3.63) is 12.7 Å². The Morgan fingerprint density at radius 2 is 1.41 bits per heavy atom. The maximum atomic E-state index is 3.97. The van der Waals surface area contributed by atoms with Gasteiger partial charge < -0.3 is 5.43 Å². The number of allylic oxidation sites excluding steroid dienone is 1. The second-order valence-corrected chi connectivity index (χ2v) is 4.60. The number of nitrogens with one attached hydrogen (secondary N) is 1.